The van der Waals surface area contributed by atoms with E-state index in [1.807, 2.05) is 29.2 Å². The molecule has 4 rings (SSSR count). The Bertz CT molecular complexity index is 1050. The molecule has 0 aliphatic carbocycles. The second-order valence-electron chi connectivity index (χ2n) is 7.10. The largest absolute Gasteiger partial charge is 0.497 e. The standard InChI is InChI=1S/C22H22N4O3/c1-29-18-4-2-15(3-5-18)12-21(28)26-11-8-17(14-26)19-13-20(27)25-22(24-19)16-6-9-23-10-7-16/h2-7,9-10,13,17H,8,11-12,14H2,1H3,(H,24,25,27)/t17-/m1/s1. The maximum absolute atomic E-state index is 12.7. The summed E-state index contributed by atoms with van der Waals surface area (Å²) >= 11 is 0. The third kappa shape index (κ3) is 4.34. The zero-order valence-corrected chi connectivity index (χ0v) is 16.2. The maximum atomic E-state index is 12.7. The lowest BCUT2D eigenvalue weighted by atomic mass is 10.0. The van der Waals surface area contributed by atoms with Crippen molar-refractivity contribution < 1.29 is 9.53 Å². The molecular weight excluding hydrogens is 368 g/mol. The second-order valence-corrected chi connectivity index (χ2v) is 7.10. The molecule has 0 unspecified atom stereocenters. The number of benzene rings is 1. The van der Waals surface area contributed by atoms with Gasteiger partial charge in [0.1, 0.15) is 11.6 Å². The fraction of sp³-hybridized carbons (Fsp3) is 0.273. The van der Waals surface area contributed by atoms with Crippen molar-refractivity contribution in [2.45, 2.75) is 18.8 Å². The van der Waals surface area contributed by atoms with Gasteiger partial charge in [0.05, 0.1) is 19.2 Å². The predicted molar refractivity (Wildman–Crippen MR) is 109 cm³/mol. The van der Waals surface area contributed by atoms with E-state index in [4.69, 9.17) is 4.74 Å². The fourth-order valence-electron chi connectivity index (χ4n) is 3.59. The van der Waals surface area contributed by atoms with Crippen LogP contribution >= 0.6 is 0 Å². The minimum absolute atomic E-state index is 0.0534. The number of methoxy groups -OCH3 is 1. The topological polar surface area (TPSA) is 88.2 Å². The van der Waals surface area contributed by atoms with Crippen LogP contribution in [-0.2, 0) is 11.2 Å². The van der Waals surface area contributed by atoms with Crippen LogP contribution in [0.3, 0.4) is 0 Å². The Labute approximate surface area is 168 Å². The Morgan fingerprint density at radius 2 is 1.97 bits per heavy atom. The molecule has 1 amide bonds. The van der Waals surface area contributed by atoms with Crippen LogP contribution in [0.2, 0.25) is 0 Å². The van der Waals surface area contributed by atoms with Crippen molar-refractivity contribution in [3.63, 3.8) is 0 Å². The minimum Gasteiger partial charge on any atom is -0.497 e. The number of nitrogens with zero attached hydrogens (tertiary/aromatic N) is 3. The van der Waals surface area contributed by atoms with Gasteiger partial charge in [0.15, 0.2) is 0 Å². The van der Waals surface area contributed by atoms with Crippen molar-refractivity contribution in [3.8, 4) is 17.1 Å². The summed E-state index contributed by atoms with van der Waals surface area (Å²) in [6.07, 6.45) is 4.47. The number of aromatic nitrogens is 3. The average Bonchev–Trinajstić information content (AvgIpc) is 3.25. The lowest BCUT2D eigenvalue weighted by Gasteiger charge is -2.17. The minimum atomic E-state index is -0.190. The maximum Gasteiger partial charge on any atom is 0.251 e. The van der Waals surface area contributed by atoms with Gasteiger partial charge in [0.2, 0.25) is 5.91 Å². The highest BCUT2D eigenvalue weighted by molar-refractivity contribution is 5.79. The number of carbonyl (C=O) groups excluding carboxylic acids is 1. The smallest absolute Gasteiger partial charge is 0.251 e. The van der Waals surface area contributed by atoms with Crippen LogP contribution in [0.4, 0.5) is 0 Å². The number of hydrogen-bond acceptors (Lipinski definition) is 5. The summed E-state index contributed by atoms with van der Waals surface area (Å²) in [5.74, 6) is 1.43. The Morgan fingerprint density at radius 1 is 1.21 bits per heavy atom. The first kappa shape index (κ1) is 18.9. The molecule has 0 saturated carbocycles. The summed E-state index contributed by atoms with van der Waals surface area (Å²) in [5, 5.41) is 0. The highest BCUT2D eigenvalue weighted by atomic mass is 16.5. The van der Waals surface area contributed by atoms with E-state index < -0.39 is 0 Å². The first-order valence-electron chi connectivity index (χ1n) is 9.55. The summed E-state index contributed by atoms with van der Waals surface area (Å²) in [4.78, 5) is 38.1. The summed E-state index contributed by atoms with van der Waals surface area (Å²) < 4.78 is 5.15. The number of hydrogen-bond donors (Lipinski definition) is 1. The summed E-state index contributed by atoms with van der Waals surface area (Å²) in [6, 6.07) is 12.7. The van der Waals surface area contributed by atoms with Crippen LogP contribution in [0.5, 0.6) is 5.75 Å². The van der Waals surface area contributed by atoms with Gasteiger partial charge in [-0.25, -0.2) is 4.98 Å². The van der Waals surface area contributed by atoms with E-state index in [1.54, 1.807) is 31.6 Å². The van der Waals surface area contributed by atoms with E-state index in [1.165, 1.54) is 6.07 Å². The molecule has 0 spiro atoms. The normalized spacial score (nSPS) is 16.0. The SMILES string of the molecule is COc1ccc(CC(=O)N2CC[C@@H](c3cc(=O)[nH]c(-c4ccncc4)n3)C2)cc1. The number of amides is 1. The predicted octanol–water partition coefficient (Wildman–Crippen LogP) is 2.40. The molecule has 0 bridgehead atoms. The van der Waals surface area contributed by atoms with Crippen molar-refractivity contribution in [2.24, 2.45) is 0 Å². The van der Waals surface area contributed by atoms with Crippen LogP contribution in [0.15, 0.2) is 59.7 Å². The van der Waals surface area contributed by atoms with Crippen molar-refractivity contribution in [3.05, 3.63) is 76.5 Å². The number of pyridine rings is 1. The first-order chi connectivity index (χ1) is 14.1. The molecule has 1 atom stereocenters. The number of rotatable bonds is 5. The molecule has 1 fully saturated rings. The average molecular weight is 390 g/mol. The van der Waals surface area contributed by atoms with Crippen LogP contribution < -0.4 is 10.3 Å². The van der Waals surface area contributed by atoms with Crippen LogP contribution in [0.1, 0.15) is 23.6 Å². The molecule has 3 aromatic rings. The van der Waals surface area contributed by atoms with Crippen molar-refractivity contribution in [1.29, 1.82) is 0 Å². The lowest BCUT2D eigenvalue weighted by Crippen LogP contribution is -2.30. The lowest BCUT2D eigenvalue weighted by molar-refractivity contribution is -0.129. The number of aromatic amines is 1. The van der Waals surface area contributed by atoms with Crippen molar-refractivity contribution >= 4 is 5.91 Å². The molecular formula is C22H22N4O3. The first-order valence-corrected chi connectivity index (χ1v) is 9.55. The third-order valence-electron chi connectivity index (χ3n) is 5.19. The van der Waals surface area contributed by atoms with Gasteiger partial charge in [-0.1, -0.05) is 12.1 Å². The number of nitrogens with one attached hydrogen (secondary N) is 1. The van der Waals surface area contributed by atoms with Crippen molar-refractivity contribution in [2.75, 3.05) is 20.2 Å². The van der Waals surface area contributed by atoms with Gasteiger partial charge >= 0.3 is 0 Å². The highest BCUT2D eigenvalue weighted by Gasteiger charge is 2.28. The fourth-order valence-corrected chi connectivity index (χ4v) is 3.59. The van der Waals surface area contributed by atoms with Gasteiger partial charge < -0.3 is 14.6 Å². The van der Waals surface area contributed by atoms with Gasteiger partial charge in [-0.15, -0.1) is 0 Å². The number of likely N-dealkylation sites (tertiary alicyclic amines) is 1. The Kier molecular flexibility index (Phi) is 5.37. The Balaban J connectivity index is 1.46. The molecule has 0 radical (unpaired) electrons. The molecule has 3 heterocycles. The molecule has 1 aliphatic rings. The van der Waals surface area contributed by atoms with Crippen LogP contribution in [0, 0.1) is 0 Å². The number of ether oxygens (including phenoxy) is 1. The highest BCUT2D eigenvalue weighted by Crippen LogP contribution is 2.27. The Hall–Kier alpha value is -3.48. The summed E-state index contributed by atoms with van der Waals surface area (Å²) in [7, 11) is 1.62. The quantitative estimate of drug-likeness (QED) is 0.723. The summed E-state index contributed by atoms with van der Waals surface area (Å²) in [6.45, 7) is 1.24. The molecule has 29 heavy (non-hydrogen) atoms. The molecule has 1 aromatic carbocycles. The van der Waals surface area contributed by atoms with E-state index in [9.17, 15) is 9.59 Å². The number of carbonyl (C=O) groups is 1. The van der Waals surface area contributed by atoms with E-state index in [-0.39, 0.29) is 17.4 Å². The molecule has 1 N–H and O–H groups in total. The molecule has 2 aromatic heterocycles. The van der Waals surface area contributed by atoms with E-state index in [0.29, 0.717) is 25.3 Å². The van der Waals surface area contributed by atoms with Crippen molar-refractivity contribution in [1.82, 2.24) is 19.9 Å². The zero-order valence-electron chi connectivity index (χ0n) is 16.2. The third-order valence-corrected chi connectivity index (χ3v) is 5.19. The van der Waals surface area contributed by atoms with Gasteiger partial charge in [-0.3, -0.25) is 14.6 Å². The van der Waals surface area contributed by atoms with Gasteiger partial charge in [-0.05, 0) is 36.2 Å². The monoisotopic (exact) mass is 390 g/mol. The van der Waals surface area contributed by atoms with E-state index in [0.717, 1.165) is 29.0 Å². The second kappa shape index (κ2) is 8.26. The van der Waals surface area contributed by atoms with E-state index >= 15 is 0 Å². The zero-order chi connectivity index (χ0) is 20.2. The number of H-pyrrole nitrogens is 1. The van der Waals surface area contributed by atoms with Gasteiger partial charge in [-0.2, -0.15) is 0 Å². The van der Waals surface area contributed by atoms with Gasteiger partial charge in [0.25, 0.3) is 5.56 Å². The molecule has 1 saturated heterocycles. The van der Waals surface area contributed by atoms with E-state index in [2.05, 4.69) is 15.0 Å². The van der Waals surface area contributed by atoms with Crippen LogP contribution in [-0.4, -0.2) is 46.0 Å². The molecule has 1 aliphatic heterocycles. The Morgan fingerprint density at radius 3 is 2.69 bits per heavy atom. The van der Waals surface area contributed by atoms with Crippen LogP contribution in [0.25, 0.3) is 11.4 Å². The molecule has 7 heteroatoms. The van der Waals surface area contributed by atoms with Gasteiger partial charge in [0, 0.05) is 43.0 Å². The summed E-state index contributed by atoms with van der Waals surface area (Å²) in [5.41, 5.74) is 2.29. The molecule has 7 nitrogen and oxygen atoms in total. The molecule has 148 valence electrons.